The molecule has 2 aromatic rings. The lowest BCUT2D eigenvalue weighted by molar-refractivity contribution is 0.0160. The van der Waals surface area contributed by atoms with E-state index in [4.69, 9.17) is 18.6 Å². The summed E-state index contributed by atoms with van der Waals surface area (Å²) in [4.78, 5) is 2.44. The van der Waals surface area contributed by atoms with Gasteiger partial charge in [0.1, 0.15) is 5.76 Å². The molecule has 0 saturated carbocycles. The minimum absolute atomic E-state index is 0.235. The fraction of sp³-hybridized carbons (Fsp3) is 0.474. The van der Waals surface area contributed by atoms with Gasteiger partial charge in [-0.25, -0.2) is 0 Å². The molecule has 1 fully saturated rings. The normalized spacial score (nSPS) is 16.6. The highest BCUT2D eigenvalue weighted by Crippen LogP contribution is 2.32. The number of methoxy groups -OCH3 is 2. The van der Waals surface area contributed by atoms with Crippen molar-refractivity contribution in [2.75, 3.05) is 47.1 Å². The molecule has 1 N–H and O–H groups in total. The van der Waals surface area contributed by atoms with Crippen molar-refractivity contribution in [3.05, 3.63) is 47.9 Å². The number of benzene rings is 1. The van der Waals surface area contributed by atoms with E-state index in [1.165, 1.54) is 5.56 Å². The van der Waals surface area contributed by atoms with E-state index in [1.807, 2.05) is 18.2 Å². The minimum Gasteiger partial charge on any atom is -0.493 e. The van der Waals surface area contributed by atoms with Gasteiger partial charge < -0.3 is 23.9 Å². The van der Waals surface area contributed by atoms with E-state index in [-0.39, 0.29) is 6.04 Å². The number of rotatable bonds is 8. The number of nitrogens with one attached hydrogen (secondary N) is 1. The number of ether oxygens (including phenoxy) is 3. The molecule has 0 radical (unpaired) electrons. The van der Waals surface area contributed by atoms with Gasteiger partial charge in [0.2, 0.25) is 0 Å². The van der Waals surface area contributed by atoms with Crippen molar-refractivity contribution in [2.24, 2.45) is 0 Å². The Balaban J connectivity index is 1.75. The predicted molar refractivity (Wildman–Crippen MR) is 95.1 cm³/mol. The standard InChI is InChI=1S/C19H26N2O4/c1-22-18-6-5-15(12-19(18)23-2)17(21-7-10-24-11-8-21)14-20-13-16-4-3-9-25-16/h3-6,9,12,17,20H,7-8,10-11,13-14H2,1-2H3. The Bertz CT molecular complexity index is 639. The molecule has 6 nitrogen and oxygen atoms in total. The van der Waals surface area contributed by atoms with Crippen LogP contribution in [-0.4, -0.2) is 52.0 Å². The zero-order valence-electron chi connectivity index (χ0n) is 14.9. The molecule has 0 amide bonds. The van der Waals surface area contributed by atoms with E-state index in [0.717, 1.165) is 50.1 Å². The van der Waals surface area contributed by atoms with E-state index >= 15 is 0 Å². The van der Waals surface area contributed by atoms with Crippen LogP contribution in [0.5, 0.6) is 11.5 Å². The molecule has 0 aliphatic carbocycles. The molecular formula is C19H26N2O4. The number of nitrogens with zero attached hydrogens (tertiary/aromatic N) is 1. The summed E-state index contributed by atoms with van der Waals surface area (Å²) < 4.78 is 21.7. The Kier molecular flexibility index (Phi) is 6.33. The second-order valence-corrected chi connectivity index (χ2v) is 5.99. The van der Waals surface area contributed by atoms with Gasteiger partial charge >= 0.3 is 0 Å². The fourth-order valence-electron chi connectivity index (χ4n) is 3.15. The summed E-state index contributed by atoms with van der Waals surface area (Å²) in [5, 5.41) is 3.50. The molecule has 1 aliphatic rings. The van der Waals surface area contributed by atoms with Gasteiger partial charge in [-0.05, 0) is 29.8 Å². The lowest BCUT2D eigenvalue weighted by Crippen LogP contribution is -2.42. The highest BCUT2D eigenvalue weighted by Gasteiger charge is 2.23. The van der Waals surface area contributed by atoms with Crippen molar-refractivity contribution < 1.29 is 18.6 Å². The maximum atomic E-state index is 5.51. The first-order chi connectivity index (χ1) is 12.3. The Morgan fingerprint density at radius 3 is 2.60 bits per heavy atom. The van der Waals surface area contributed by atoms with E-state index in [2.05, 4.69) is 22.3 Å². The summed E-state index contributed by atoms with van der Waals surface area (Å²) in [5.41, 5.74) is 1.20. The van der Waals surface area contributed by atoms with Crippen LogP contribution < -0.4 is 14.8 Å². The van der Waals surface area contributed by atoms with Crippen molar-refractivity contribution in [3.63, 3.8) is 0 Å². The van der Waals surface area contributed by atoms with E-state index in [0.29, 0.717) is 6.54 Å². The molecule has 136 valence electrons. The third-order valence-electron chi connectivity index (χ3n) is 4.50. The number of morpholine rings is 1. The average molecular weight is 346 g/mol. The predicted octanol–water partition coefficient (Wildman–Crippen LogP) is 2.46. The summed E-state index contributed by atoms with van der Waals surface area (Å²) in [7, 11) is 3.32. The highest BCUT2D eigenvalue weighted by atomic mass is 16.5. The third-order valence-corrected chi connectivity index (χ3v) is 4.50. The van der Waals surface area contributed by atoms with Crippen molar-refractivity contribution in [1.82, 2.24) is 10.2 Å². The van der Waals surface area contributed by atoms with Crippen molar-refractivity contribution in [2.45, 2.75) is 12.6 Å². The second-order valence-electron chi connectivity index (χ2n) is 5.99. The molecule has 2 heterocycles. The first-order valence-corrected chi connectivity index (χ1v) is 8.58. The Labute approximate surface area is 148 Å². The van der Waals surface area contributed by atoms with Gasteiger partial charge in [-0.2, -0.15) is 0 Å². The van der Waals surface area contributed by atoms with Crippen LogP contribution in [0, 0.1) is 0 Å². The van der Waals surface area contributed by atoms with Gasteiger partial charge in [-0.1, -0.05) is 6.07 Å². The SMILES string of the molecule is COc1ccc(C(CNCc2ccco2)N2CCOCC2)cc1OC. The molecule has 1 unspecified atom stereocenters. The van der Waals surface area contributed by atoms with Crippen LogP contribution in [0.25, 0.3) is 0 Å². The van der Waals surface area contributed by atoms with Gasteiger partial charge in [0.15, 0.2) is 11.5 Å². The first kappa shape index (κ1) is 17.8. The quantitative estimate of drug-likeness (QED) is 0.792. The van der Waals surface area contributed by atoms with Crippen LogP contribution in [0.2, 0.25) is 0 Å². The van der Waals surface area contributed by atoms with Crippen LogP contribution in [0.4, 0.5) is 0 Å². The van der Waals surface area contributed by atoms with Gasteiger partial charge in [0.05, 0.1) is 40.2 Å². The molecular weight excluding hydrogens is 320 g/mol. The molecule has 3 rings (SSSR count). The molecule has 0 bridgehead atoms. The lowest BCUT2D eigenvalue weighted by atomic mass is 10.0. The topological polar surface area (TPSA) is 56.1 Å². The Morgan fingerprint density at radius 1 is 1.12 bits per heavy atom. The van der Waals surface area contributed by atoms with Crippen LogP contribution >= 0.6 is 0 Å². The van der Waals surface area contributed by atoms with E-state index in [1.54, 1.807) is 20.5 Å². The van der Waals surface area contributed by atoms with E-state index < -0.39 is 0 Å². The van der Waals surface area contributed by atoms with E-state index in [9.17, 15) is 0 Å². The van der Waals surface area contributed by atoms with Gasteiger partial charge in [-0.3, -0.25) is 4.90 Å². The average Bonchev–Trinajstić information content (AvgIpc) is 3.19. The monoisotopic (exact) mass is 346 g/mol. The third kappa shape index (κ3) is 4.54. The van der Waals surface area contributed by atoms with Crippen molar-refractivity contribution in [1.29, 1.82) is 0 Å². The van der Waals surface area contributed by atoms with Crippen LogP contribution in [0.1, 0.15) is 17.4 Å². The molecule has 1 aromatic heterocycles. The van der Waals surface area contributed by atoms with Crippen LogP contribution in [0.3, 0.4) is 0 Å². The first-order valence-electron chi connectivity index (χ1n) is 8.58. The van der Waals surface area contributed by atoms with Crippen LogP contribution in [0.15, 0.2) is 41.0 Å². The Morgan fingerprint density at radius 2 is 1.92 bits per heavy atom. The number of hydrogen-bond donors (Lipinski definition) is 1. The summed E-state index contributed by atoms with van der Waals surface area (Å²) in [5.74, 6) is 2.44. The zero-order chi connectivity index (χ0) is 17.5. The molecule has 0 spiro atoms. The molecule has 25 heavy (non-hydrogen) atoms. The van der Waals surface area contributed by atoms with Gasteiger partial charge in [0, 0.05) is 25.7 Å². The van der Waals surface area contributed by atoms with Gasteiger partial charge in [-0.15, -0.1) is 0 Å². The summed E-state index contributed by atoms with van der Waals surface area (Å²) in [6.45, 7) is 4.89. The largest absolute Gasteiger partial charge is 0.493 e. The second kappa shape index (κ2) is 8.89. The smallest absolute Gasteiger partial charge is 0.161 e. The molecule has 1 aromatic carbocycles. The van der Waals surface area contributed by atoms with Crippen molar-refractivity contribution >= 4 is 0 Å². The van der Waals surface area contributed by atoms with Crippen molar-refractivity contribution in [3.8, 4) is 11.5 Å². The summed E-state index contributed by atoms with van der Waals surface area (Å²) in [6, 6.07) is 10.3. The molecule has 1 atom stereocenters. The molecule has 6 heteroatoms. The van der Waals surface area contributed by atoms with Crippen LogP contribution in [-0.2, 0) is 11.3 Å². The highest BCUT2D eigenvalue weighted by molar-refractivity contribution is 5.44. The molecule has 1 aliphatic heterocycles. The maximum Gasteiger partial charge on any atom is 0.161 e. The zero-order valence-corrected chi connectivity index (χ0v) is 14.9. The Hall–Kier alpha value is -2.02. The number of furan rings is 1. The van der Waals surface area contributed by atoms with Gasteiger partial charge in [0.25, 0.3) is 0 Å². The fourth-order valence-corrected chi connectivity index (χ4v) is 3.15. The summed E-state index contributed by atoms with van der Waals surface area (Å²) >= 11 is 0. The maximum absolute atomic E-state index is 5.51. The molecule has 1 saturated heterocycles. The minimum atomic E-state index is 0.235. The summed E-state index contributed by atoms with van der Waals surface area (Å²) in [6.07, 6.45) is 1.70. The lowest BCUT2D eigenvalue weighted by Gasteiger charge is -2.35. The number of hydrogen-bond acceptors (Lipinski definition) is 6.